The molecule has 0 saturated heterocycles. The van der Waals surface area contributed by atoms with Crippen molar-refractivity contribution in [2.24, 2.45) is 5.92 Å². The lowest BCUT2D eigenvalue weighted by Gasteiger charge is -2.17. The van der Waals surface area contributed by atoms with Crippen molar-refractivity contribution in [1.29, 1.82) is 0 Å². The van der Waals surface area contributed by atoms with Crippen LogP contribution in [0.5, 0.6) is 5.75 Å². The highest BCUT2D eigenvalue weighted by Crippen LogP contribution is 2.51. The highest BCUT2D eigenvalue weighted by Gasteiger charge is 2.49. The average Bonchev–Trinajstić information content (AvgIpc) is 3.02. The fourth-order valence-electron chi connectivity index (χ4n) is 3.48. The van der Waals surface area contributed by atoms with E-state index >= 15 is 0 Å². The molecule has 2 aliphatic rings. The number of aliphatic hydroxyl groups is 2. The Morgan fingerprint density at radius 3 is 3.05 bits per heavy atom. The second-order valence-corrected chi connectivity index (χ2v) is 5.78. The van der Waals surface area contributed by atoms with Gasteiger partial charge in [-0.2, -0.15) is 0 Å². The molecule has 2 N–H and O–H groups in total. The van der Waals surface area contributed by atoms with E-state index in [9.17, 15) is 15.0 Å². The van der Waals surface area contributed by atoms with Crippen LogP contribution in [0.25, 0.3) is 6.08 Å². The van der Waals surface area contributed by atoms with Crippen molar-refractivity contribution in [1.82, 2.24) is 0 Å². The average molecular weight is 304 g/mol. The zero-order valence-corrected chi connectivity index (χ0v) is 12.4. The predicted octanol–water partition coefficient (Wildman–Crippen LogP) is 1.48. The van der Waals surface area contributed by atoms with Crippen LogP contribution in [0.15, 0.2) is 24.3 Å². The van der Waals surface area contributed by atoms with Gasteiger partial charge in [-0.25, -0.2) is 0 Å². The zero-order valence-electron chi connectivity index (χ0n) is 12.4. The number of benzene rings is 1. The summed E-state index contributed by atoms with van der Waals surface area (Å²) < 4.78 is 10.6. The van der Waals surface area contributed by atoms with Crippen LogP contribution in [-0.4, -0.2) is 42.1 Å². The summed E-state index contributed by atoms with van der Waals surface area (Å²) in [7, 11) is 1.36. The quantitative estimate of drug-likeness (QED) is 0.824. The van der Waals surface area contributed by atoms with Crippen molar-refractivity contribution in [2.45, 2.75) is 31.0 Å². The zero-order chi connectivity index (χ0) is 15.7. The SMILES string of the molecule is COC(=O)C/C=C/c1cccc2c1O[C@H]1C[C@@H](O)[C@H](CO)[C@@H]21. The summed E-state index contributed by atoms with van der Waals surface area (Å²) in [6.07, 6.45) is 3.74. The standard InChI is InChI=1S/C17H20O5/c1-21-15(20)7-3-5-10-4-2-6-11-16-12(9-18)13(19)8-14(16)22-17(10)11/h2-6,12-14,16,18-19H,7-9H2,1H3/b5-3+/t12-,13+,14-,16+/m0/s1. The molecule has 118 valence electrons. The molecule has 5 nitrogen and oxygen atoms in total. The number of carbonyl (C=O) groups is 1. The van der Waals surface area contributed by atoms with Crippen LogP contribution < -0.4 is 4.74 Å². The molecule has 0 spiro atoms. The summed E-state index contributed by atoms with van der Waals surface area (Å²) in [5.41, 5.74) is 1.93. The van der Waals surface area contributed by atoms with Crippen LogP contribution in [0.3, 0.4) is 0 Å². The summed E-state index contributed by atoms with van der Waals surface area (Å²) >= 11 is 0. The molecule has 0 aromatic heterocycles. The summed E-state index contributed by atoms with van der Waals surface area (Å²) in [5, 5.41) is 19.5. The normalized spacial score (nSPS) is 29.2. The molecule has 3 rings (SSSR count). The van der Waals surface area contributed by atoms with Gasteiger partial charge < -0.3 is 19.7 Å². The van der Waals surface area contributed by atoms with Gasteiger partial charge in [0.15, 0.2) is 0 Å². The predicted molar refractivity (Wildman–Crippen MR) is 80.5 cm³/mol. The lowest BCUT2D eigenvalue weighted by molar-refractivity contribution is -0.139. The number of fused-ring (bicyclic) bond motifs is 3. The summed E-state index contributed by atoms with van der Waals surface area (Å²) in [6.45, 7) is -0.0481. The van der Waals surface area contributed by atoms with Crippen molar-refractivity contribution in [3.05, 3.63) is 35.4 Å². The number of methoxy groups -OCH3 is 1. The topological polar surface area (TPSA) is 76.0 Å². The third-order valence-electron chi connectivity index (χ3n) is 4.55. The second kappa shape index (κ2) is 6.10. The van der Waals surface area contributed by atoms with Gasteiger partial charge in [-0.3, -0.25) is 4.79 Å². The molecule has 1 aliphatic heterocycles. The van der Waals surface area contributed by atoms with E-state index in [1.807, 2.05) is 24.3 Å². The first-order chi connectivity index (χ1) is 10.7. The number of esters is 1. The van der Waals surface area contributed by atoms with E-state index in [2.05, 4.69) is 4.74 Å². The number of para-hydroxylation sites is 1. The minimum atomic E-state index is -0.522. The van der Waals surface area contributed by atoms with Gasteiger partial charge in [-0.15, -0.1) is 0 Å². The van der Waals surface area contributed by atoms with E-state index in [0.29, 0.717) is 6.42 Å². The molecule has 22 heavy (non-hydrogen) atoms. The number of carbonyl (C=O) groups excluding carboxylic acids is 1. The largest absolute Gasteiger partial charge is 0.489 e. The molecular formula is C17H20O5. The van der Waals surface area contributed by atoms with Crippen LogP contribution in [0.1, 0.15) is 29.9 Å². The molecular weight excluding hydrogens is 284 g/mol. The smallest absolute Gasteiger partial charge is 0.309 e. The highest BCUT2D eigenvalue weighted by molar-refractivity contribution is 5.73. The molecule has 4 atom stereocenters. The van der Waals surface area contributed by atoms with E-state index in [-0.39, 0.29) is 36.9 Å². The Hall–Kier alpha value is -1.85. The van der Waals surface area contributed by atoms with E-state index in [1.54, 1.807) is 6.08 Å². The van der Waals surface area contributed by atoms with Gasteiger partial charge in [0, 0.05) is 36.0 Å². The molecule has 0 unspecified atom stereocenters. The molecule has 1 aliphatic carbocycles. The Bertz CT molecular complexity index is 595. The van der Waals surface area contributed by atoms with Gasteiger partial charge in [-0.05, 0) is 0 Å². The van der Waals surface area contributed by atoms with Crippen molar-refractivity contribution in [3.8, 4) is 5.75 Å². The van der Waals surface area contributed by atoms with E-state index in [4.69, 9.17) is 4.74 Å². The lowest BCUT2D eigenvalue weighted by atomic mass is 9.88. The Labute approximate surface area is 129 Å². The number of ether oxygens (including phenoxy) is 2. The molecule has 1 fully saturated rings. The molecule has 1 heterocycles. The molecule has 0 amide bonds. The Kier molecular flexibility index (Phi) is 4.18. The number of rotatable bonds is 4. The first kappa shape index (κ1) is 15.1. The van der Waals surface area contributed by atoms with Gasteiger partial charge >= 0.3 is 5.97 Å². The summed E-state index contributed by atoms with van der Waals surface area (Å²) in [6, 6.07) is 5.85. The van der Waals surface area contributed by atoms with Crippen LogP contribution in [0, 0.1) is 5.92 Å². The van der Waals surface area contributed by atoms with Gasteiger partial charge in [0.1, 0.15) is 11.9 Å². The Morgan fingerprint density at radius 2 is 2.32 bits per heavy atom. The second-order valence-electron chi connectivity index (χ2n) is 5.78. The van der Waals surface area contributed by atoms with Crippen molar-refractivity contribution >= 4 is 12.0 Å². The van der Waals surface area contributed by atoms with E-state index < -0.39 is 6.10 Å². The van der Waals surface area contributed by atoms with Gasteiger partial charge in [0.25, 0.3) is 0 Å². The summed E-state index contributed by atoms with van der Waals surface area (Å²) in [4.78, 5) is 11.2. The van der Waals surface area contributed by atoms with Crippen molar-refractivity contribution in [2.75, 3.05) is 13.7 Å². The van der Waals surface area contributed by atoms with Crippen molar-refractivity contribution in [3.63, 3.8) is 0 Å². The highest BCUT2D eigenvalue weighted by atomic mass is 16.5. The first-order valence-electron chi connectivity index (χ1n) is 7.47. The van der Waals surface area contributed by atoms with Gasteiger partial charge in [0.05, 0.1) is 19.6 Å². The molecule has 0 radical (unpaired) electrons. The maximum atomic E-state index is 11.2. The maximum absolute atomic E-state index is 11.2. The first-order valence-corrected chi connectivity index (χ1v) is 7.47. The van der Waals surface area contributed by atoms with Gasteiger partial charge in [0.2, 0.25) is 0 Å². The third-order valence-corrected chi connectivity index (χ3v) is 4.55. The third kappa shape index (κ3) is 2.51. The van der Waals surface area contributed by atoms with Crippen LogP contribution in [0.4, 0.5) is 0 Å². The Morgan fingerprint density at radius 1 is 1.50 bits per heavy atom. The van der Waals surface area contributed by atoms with Crippen LogP contribution in [0.2, 0.25) is 0 Å². The molecule has 1 aromatic rings. The number of aliphatic hydroxyl groups excluding tert-OH is 2. The monoisotopic (exact) mass is 304 g/mol. The number of hydrogen-bond donors (Lipinski definition) is 2. The Balaban J connectivity index is 1.85. The maximum Gasteiger partial charge on any atom is 0.309 e. The fraction of sp³-hybridized carbons (Fsp3) is 0.471. The molecule has 1 aromatic carbocycles. The van der Waals surface area contributed by atoms with E-state index in [1.165, 1.54) is 7.11 Å². The van der Waals surface area contributed by atoms with Crippen LogP contribution >= 0.6 is 0 Å². The van der Waals surface area contributed by atoms with Crippen molar-refractivity contribution < 1.29 is 24.5 Å². The van der Waals surface area contributed by atoms with Crippen LogP contribution in [-0.2, 0) is 9.53 Å². The fourth-order valence-corrected chi connectivity index (χ4v) is 3.48. The van der Waals surface area contributed by atoms with E-state index in [0.717, 1.165) is 16.9 Å². The minimum absolute atomic E-state index is 0.0314. The number of hydrogen-bond acceptors (Lipinski definition) is 5. The summed E-state index contributed by atoms with van der Waals surface area (Å²) in [5.74, 6) is 0.360. The molecule has 5 heteroatoms. The lowest BCUT2D eigenvalue weighted by Crippen LogP contribution is -2.22. The molecule has 0 bridgehead atoms. The minimum Gasteiger partial charge on any atom is -0.489 e. The van der Waals surface area contributed by atoms with Gasteiger partial charge in [-0.1, -0.05) is 30.4 Å². The molecule has 1 saturated carbocycles.